The average molecular weight is 422 g/mol. The number of nitrogens with one attached hydrogen (secondary N) is 1. The second kappa shape index (κ2) is 9.26. The molecule has 0 aliphatic carbocycles. The number of halogens is 2. The summed E-state index contributed by atoms with van der Waals surface area (Å²) >= 11 is 13.5. The Hall–Kier alpha value is -2.02. The van der Waals surface area contributed by atoms with Gasteiger partial charge in [-0.3, -0.25) is 4.79 Å². The highest BCUT2D eigenvalue weighted by atomic mass is 35.5. The number of carbonyl (C=O) groups excluding carboxylic acids is 1. The van der Waals surface area contributed by atoms with E-state index in [-0.39, 0.29) is 12.5 Å². The SMILES string of the molecule is Cc1cccc(-c2noc(CNC(=O)CSCc3ccc(Cl)cc3Cl)n2)c1. The van der Waals surface area contributed by atoms with Crippen LogP contribution in [0, 0.1) is 6.92 Å². The quantitative estimate of drug-likeness (QED) is 0.587. The van der Waals surface area contributed by atoms with Crippen molar-refractivity contribution in [3.05, 3.63) is 69.5 Å². The summed E-state index contributed by atoms with van der Waals surface area (Å²) in [4.78, 5) is 16.3. The minimum Gasteiger partial charge on any atom is -0.346 e. The molecule has 140 valence electrons. The predicted molar refractivity (Wildman–Crippen MR) is 109 cm³/mol. The van der Waals surface area contributed by atoms with Gasteiger partial charge in [-0.15, -0.1) is 11.8 Å². The van der Waals surface area contributed by atoms with E-state index in [0.717, 1.165) is 16.7 Å². The summed E-state index contributed by atoms with van der Waals surface area (Å²) in [6.45, 7) is 2.19. The highest BCUT2D eigenvalue weighted by molar-refractivity contribution is 7.99. The van der Waals surface area contributed by atoms with Crippen molar-refractivity contribution in [2.75, 3.05) is 5.75 Å². The minimum atomic E-state index is -0.111. The Morgan fingerprint density at radius 2 is 2.07 bits per heavy atom. The van der Waals surface area contributed by atoms with Gasteiger partial charge in [0, 0.05) is 21.4 Å². The topological polar surface area (TPSA) is 68.0 Å². The Morgan fingerprint density at radius 3 is 2.85 bits per heavy atom. The van der Waals surface area contributed by atoms with E-state index in [4.69, 9.17) is 27.7 Å². The molecule has 3 aromatic rings. The molecule has 0 spiro atoms. The lowest BCUT2D eigenvalue weighted by atomic mass is 10.1. The molecule has 3 rings (SSSR count). The van der Waals surface area contributed by atoms with E-state index in [9.17, 15) is 4.79 Å². The van der Waals surface area contributed by atoms with Crippen molar-refractivity contribution in [2.45, 2.75) is 19.2 Å². The highest BCUT2D eigenvalue weighted by Gasteiger charge is 2.10. The molecule has 1 N–H and O–H groups in total. The van der Waals surface area contributed by atoms with Crippen LogP contribution < -0.4 is 5.32 Å². The number of aromatic nitrogens is 2. The molecule has 2 aromatic carbocycles. The van der Waals surface area contributed by atoms with Crippen molar-refractivity contribution in [1.29, 1.82) is 0 Å². The largest absolute Gasteiger partial charge is 0.346 e. The van der Waals surface area contributed by atoms with Crippen LogP contribution in [0.15, 0.2) is 47.0 Å². The molecule has 0 unspecified atom stereocenters. The van der Waals surface area contributed by atoms with Crippen molar-refractivity contribution in [1.82, 2.24) is 15.5 Å². The standard InChI is InChI=1S/C19H17Cl2N3O2S/c1-12-3-2-4-13(7-12)19-23-18(26-24-19)9-22-17(25)11-27-10-14-5-6-15(20)8-16(14)21/h2-8H,9-11H2,1H3,(H,22,25). The normalized spacial score (nSPS) is 10.8. The molecule has 1 amide bonds. The fraction of sp³-hybridized carbons (Fsp3) is 0.211. The molecule has 0 radical (unpaired) electrons. The molecule has 1 heterocycles. The van der Waals surface area contributed by atoms with Crippen molar-refractivity contribution in [3.8, 4) is 11.4 Å². The van der Waals surface area contributed by atoms with Gasteiger partial charge in [0.25, 0.3) is 0 Å². The summed E-state index contributed by atoms with van der Waals surface area (Å²) in [6.07, 6.45) is 0. The molecule has 5 nitrogen and oxygen atoms in total. The maximum Gasteiger partial charge on any atom is 0.246 e. The Labute approximate surface area is 171 Å². The summed E-state index contributed by atoms with van der Waals surface area (Å²) < 4.78 is 5.20. The van der Waals surface area contributed by atoms with Crippen LogP contribution in [-0.4, -0.2) is 21.8 Å². The van der Waals surface area contributed by atoms with Crippen molar-refractivity contribution >= 4 is 40.9 Å². The molecule has 0 aliphatic heterocycles. The molecule has 0 atom stereocenters. The molecule has 0 aliphatic rings. The number of benzene rings is 2. The lowest BCUT2D eigenvalue weighted by molar-refractivity contribution is -0.118. The van der Waals surface area contributed by atoms with Gasteiger partial charge in [0.05, 0.1) is 12.3 Å². The molecule has 1 aromatic heterocycles. The van der Waals surface area contributed by atoms with Gasteiger partial charge in [0.15, 0.2) is 0 Å². The number of amides is 1. The van der Waals surface area contributed by atoms with E-state index in [1.807, 2.05) is 37.3 Å². The molecule has 0 saturated carbocycles. The van der Waals surface area contributed by atoms with E-state index < -0.39 is 0 Å². The van der Waals surface area contributed by atoms with Crippen LogP contribution >= 0.6 is 35.0 Å². The van der Waals surface area contributed by atoms with E-state index in [1.54, 1.807) is 12.1 Å². The van der Waals surface area contributed by atoms with E-state index >= 15 is 0 Å². The van der Waals surface area contributed by atoms with Crippen LogP contribution in [0.4, 0.5) is 0 Å². The lowest BCUT2D eigenvalue weighted by Gasteiger charge is -2.05. The molecule has 0 bridgehead atoms. The van der Waals surface area contributed by atoms with Crippen molar-refractivity contribution in [3.63, 3.8) is 0 Å². The first-order chi connectivity index (χ1) is 13.0. The number of thioether (sulfide) groups is 1. The van der Waals surface area contributed by atoms with Crippen LogP contribution in [0.2, 0.25) is 10.0 Å². The monoisotopic (exact) mass is 421 g/mol. The van der Waals surface area contributed by atoms with Crippen LogP contribution in [0.3, 0.4) is 0 Å². The molecule has 0 saturated heterocycles. The zero-order valence-electron chi connectivity index (χ0n) is 14.5. The Kier molecular flexibility index (Phi) is 6.77. The molecule has 0 fully saturated rings. The summed E-state index contributed by atoms with van der Waals surface area (Å²) in [6, 6.07) is 13.2. The second-order valence-electron chi connectivity index (χ2n) is 5.89. The number of aryl methyl sites for hydroxylation is 1. The van der Waals surface area contributed by atoms with Gasteiger partial charge >= 0.3 is 0 Å². The number of rotatable bonds is 7. The minimum absolute atomic E-state index is 0.111. The highest BCUT2D eigenvalue weighted by Crippen LogP contribution is 2.24. The van der Waals surface area contributed by atoms with Crippen LogP contribution in [0.1, 0.15) is 17.0 Å². The van der Waals surface area contributed by atoms with Gasteiger partial charge in [-0.2, -0.15) is 4.98 Å². The molecular weight excluding hydrogens is 405 g/mol. The Bertz CT molecular complexity index is 946. The zero-order valence-corrected chi connectivity index (χ0v) is 16.9. The third-order valence-electron chi connectivity index (χ3n) is 3.69. The lowest BCUT2D eigenvalue weighted by Crippen LogP contribution is -2.24. The first kappa shape index (κ1) is 19.7. The van der Waals surface area contributed by atoms with Gasteiger partial charge in [-0.05, 0) is 30.7 Å². The number of carbonyl (C=O) groups is 1. The number of hydrogen-bond donors (Lipinski definition) is 1. The van der Waals surface area contributed by atoms with Crippen molar-refractivity contribution < 1.29 is 9.32 Å². The summed E-state index contributed by atoms with van der Waals surface area (Å²) in [7, 11) is 0. The molecule has 8 heteroatoms. The third-order valence-corrected chi connectivity index (χ3v) is 5.26. The summed E-state index contributed by atoms with van der Waals surface area (Å²) in [5.74, 6) is 1.69. The van der Waals surface area contributed by atoms with Gasteiger partial charge in [0.1, 0.15) is 0 Å². The van der Waals surface area contributed by atoms with Gasteiger partial charge < -0.3 is 9.84 Å². The molecule has 27 heavy (non-hydrogen) atoms. The van der Waals surface area contributed by atoms with Crippen molar-refractivity contribution in [2.24, 2.45) is 0 Å². The van der Waals surface area contributed by atoms with Gasteiger partial charge in [0.2, 0.25) is 17.6 Å². The van der Waals surface area contributed by atoms with Crippen LogP contribution in [0.5, 0.6) is 0 Å². The fourth-order valence-corrected chi connectivity index (χ4v) is 3.76. The Balaban J connectivity index is 1.45. The fourth-order valence-electron chi connectivity index (χ4n) is 2.35. The van der Waals surface area contributed by atoms with Crippen LogP contribution in [0.25, 0.3) is 11.4 Å². The summed E-state index contributed by atoms with van der Waals surface area (Å²) in [5.41, 5.74) is 2.94. The third kappa shape index (κ3) is 5.73. The predicted octanol–water partition coefficient (Wildman–Crippen LogP) is 4.90. The first-order valence-corrected chi connectivity index (χ1v) is 10.1. The number of nitrogens with zero attached hydrogens (tertiary/aromatic N) is 2. The Morgan fingerprint density at radius 1 is 1.22 bits per heavy atom. The summed E-state index contributed by atoms with van der Waals surface area (Å²) in [5, 5.41) is 7.93. The van der Waals surface area contributed by atoms with Gasteiger partial charge in [-0.1, -0.05) is 58.2 Å². The smallest absolute Gasteiger partial charge is 0.246 e. The van der Waals surface area contributed by atoms with E-state index in [1.165, 1.54) is 11.8 Å². The maximum atomic E-state index is 12.0. The second-order valence-corrected chi connectivity index (χ2v) is 7.72. The maximum absolute atomic E-state index is 12.0. The number of hydrogen-bond acceptors (Lipinski definition) is 5. The van der Waals surface area contributed by atoms with E-state index in [2.05, 4.69) is 15.5 Å². The van der Waals surface area contributed by atoms with E-state index in [0.29, 0.717) is 33.3 Å². The average Bonchev–Trinajstić information content (AvgIpc) is 3.11. The first-order valence-electron chi connectivity index (χ1n) is 8.19. The molecular formula is C19H17Cl2N3O2S. The van der Waals surface area contributed by atoms with Crippen LogP contribution in [-0.2, 0) is 17.1 Å². The zero-order chi connectivity index (χ0) is 19.2. The van der Waals surface area contributed by atoms with Gasteiger partial charge in [-0.25, -0.2) is 0 Å².